The first-order valence-corrected chi connectivity index (χ1v) is 8.14. The van der Waals surface area contributed by atoms with Crippen molar-refractivity contribution in [3.63, 3.8) is 0 Å². The van der Waals surface area contributed by atoms with Gasteiger partial charge in [0.15, 0.2) is 0 Å². The summed E-state index contributed by atoms with van der Waals surface area (Å²) in [6.45, 7) is 1.12. The summed E-state index contributed by atoms with van der Waals surface area (Å²) in [6, 6.07) is 4.06. The molecular formula is C14H15ClFNO4S. The minimum Gasteiger partial charge on any atom is -0.481 e. The lowest BCUT2D eigenvalue weighted by atomic mass is 10.1. The summed E-state index contributed by atoms with van der Waals surface area (Å²) in [6.07, 6.45) is -0.407. The fraction of sp³-hybridized carbons (Fsp3) is 0.429. The molecule has 0 radical (unpaired) electrons. The fourth-order valence-electron chi connectivity index (χ4n) is 2.14. The van der Waals surface area contributed by atoms with Crippen molar-refractivity contribution in [2.75, 3.05) is 31.2 Å². The second kappa shape index (κ2) is 7.80. The number of nitrogens with zero attached hydrogens (tertiary/aromatic N) is 1. The average Bonchev–Trinajstić information content (AvgIpc) is 2.47. The zero-order valence-corrected chi connectivity index (χ0v) is 13.2. The molecule has 5 nitrogen and oxygen atoms in total. The van der Waals surface area contributed by atoms with Crippen LogP contribution >= 0.6 is 23.4 Å². The lowest BCUT2D eigenvalue weighted by molar-refractivity contribution is -0.136. The number of amides is 1. The number of thioether (sulfide) groups is 1. The molecule has 2 rings (SSSR count). The molecule has 8 heteroatoms. The van der Waals surface area contributed by atoms with Crippen molar-refractivity contribution in [2.24, 2.45) is 0 Å². The van der Waals surface area contributed by atoms with Crippen LogP contribution in [0.25, 0.3) is 0 Å². The molecule has 1 N–H and O–H groups in total. The smallest absolute Gasteiger partial charge is 0.313 e. The molecule has 1 aliphatic heterocycles. The van der Waals surface area contributed by atoms with E-state index < -0.39 is 17.9 Å². The van der Waals surface area contributed by atoms with Crippen molar-refractivity contribution in [1.29, 1.82) is 0 Å². The van der Waals surface area contributed by atoms with E-state index in [1.807, 2.05) is 0 Å². The normalized spacial score (nSPS) is 18.3. The maximum absolute atomic E-state index is 13.1. The number of hydrogen-bond acceptors (Lipinski definition) is 4. The van der Waals surface area contributed by atoms with Crippen molar-refractivity contribution in [3.05, 3.63) is 34.6 Å². The van der Waals surface area contributed by atoms with Gasteiger partial charge in [0.25, 0.3) is 0 Å². The SMILES string of the molecule is O=C(O)CSCC(=O)N1CCOC(c2ccc(F)cc2Cl)C1. The van der Waals surface area contributed by atoms with E-state index >= 15 is 0 Å². The van der Waals surface area contributed by atoms with Crippen LogP contribution in [-0.4, -0.2) is 53.1 Å². The Labute approximate surface area is 136 Å². The monoisotopic (exact) mass is 347 g/mol. The Morgan fingerprint density at radius 3 is 2.91 bits per heavy atom. The fourth-order valence-corrected chi connectivity index (χ4v) is 3.07. The lowest BCUT2D eigenvalue weighted by Gasteiger charge is -2.33. The molecule has 1 aliphatic rings. The number of carboxylic acids is 1. The first-order chi connectivity index (χ1) is 10.5. The molecule has 0 bridgehead atoms. The van der Waals surface area contributed by atoms with Gasteiger partial charge in [-0.2, -0.15) is 0 Å². The van der Waals surface area contributed by atoms with E-state index in [0.717, 1.165) is 11.8 Å². The second-order valence-corrected chi connectivity index (χ2v) is 6.14. The Morgan fingerprint density at radius 1 is 1.45 bits per heavy atom. The van der Waals surface area contributed by atoms with Crippen LogP contribution < -0.4 is 0 Å². The van der Waals surface area contributed by atoms with Crippen molar-refractivity contribution >= 4 is 35.2 Å². The van der Waals surface area contributed by atoms with Crippen LogP contribution in [0.5, 0.6) is 0 Å². The van der Waals surface area contributed by atoms with Crippen LogP contribution in [0.2, 0.25) is 5.02 Å². The topological polar surface area (TPSA) is 66.8 Å². The molecule has 1 unspecified atom stereocenters. The summed E-state index contributed by atoms with van der Waals surface area (Å²) in [7, 11) is 0. The van der Waals surface area contributed by atoms with Crippen molar-refractivity contribution in [3.8, 4) is 0 Å². The van der Waals surface area contributed by atoms with Gasteiger partial charge in [-0.15, -0.1) is 11.8 Å². The average molecular weight is 348 g/mol. The van der Waals surface area contributed by atoms with Gasteiger partial charge in [0, 0.05) is 17.1 Å². The van der Waals surface area contributed by atoms with Gasteiger partial charge in [-0.05, 0) is 12.1 Å². The van der Waals surface area contributed by atoms with Crippen LogP contribution in [0.1, 0.15) is 11.7 Å². The Bertz CT molecular complexity index is 572. The zero-order chi connectivity index (χ0) is 16.1. The number of hydrogen-bond donors (Lipinski definition) is 1. The van der Waals surface area contributed by atoms with E-state index in [2.05, 4.69) is 0 Å². The molecular weight excluding hydrogens is 333 g/mol. The van der Waals surface area contributed by atoms with E-state index in [1.54, 1.807) is 11.0 Å². The van der Waals surface area contributed by atoms with Gasteiger partial charge in [0.1, 0.15) is 11.9 Å². The first-order valence-electron chi connectivity index (χ1n) is 6.61. The molecule has 1 saturated heterocycles. The van der Waals surface area contributed by atoms with Crippen molar-refractivity contribution in [2.45, 2.75) is 6.10 Å². The summed E-state index contributed by atoms with van der Waals surface area (Å²) in [5.74, 6) is -1.52. The number of morpholine rings is 1. The number of benzene rings is 1. The molecule has 0 saturated carbocycles. The predicted octanol–water partition coefficient (Wildman–Crippen LogP) is 2.20. The molecule has 1 heterocycles. The molecule has 1 fully saturated rings. The summed E-state index contributed by atoms with van der Waals surface area (Å²) < 4.78 is 18.7. The van der Waals surface area contributed by atoms with Crippen LogP contribution in [0.15, 0.2) is 18.2 Å². The summed E-state index contributed by atoms with van der Waals surface area (Å²) in [4.78, 5) is 24.1. The van der Waals surface area contributed by atoms with Crippen LogP contribution in [0.3, 0.4) is 0 Å². The van der Waals surface area contributed by atoms with Crippen molar-refractivity contribution < 1.29 is 23.8 Å². The molecule has 0 aromatic heterocycles. The van der Waals surface area contributed by atoms with E-state index in [0.29, 0.717) is 25.3 Å². The predicted molar refractivity (Wildman–Crippen MR) is 81.6 cm³/mol. The summed E-state index contributed by atoms with van der Waals surface area (Å²) >= 11 is 7.07. The van der Waals surface area contributed by atoms with Gasteiger partial charge < -0.3 is 14.7 Å². The Balaban J connectivity index is 1.96. The van der Waals surface area contributed by atoms with E-state index in [1.165, 1.54) is 12.1 Å². The number of carbonyl (C=O) groups excluding carboxylic acids is 1. The largest absolute Gasteiger partial charge is 0.481 e. The third kappa shape index (κ3) is 4.59. The molecule has 120 valence electrons. The molecule has 0 aliphatic carbocycles. The van der Waals surface area contributed by atoms with Gasteiger partial charge in [0.2, 0.25) is 5.91 Å². The molecule has 1 aromatic rings. The number of carbonyl (C=O) groups is 2. The highest BCUT2D eigenvalue weighted by molar-refractivity contribution is 8.00. The van der Waals surface area contributed by atoms with Crippen LogP contribution in [-0.2, 0) is 14.3 Å². The van der Waals surface area contributed by atoms with Crippen molar-refractivity contribution in [1.82, 2.24) is 4.90 Å². The number of aliphatic carboxylic acids is 1. The number of rotatable bonds is 5. The highest BCUT2D eigenvalue weighted by Crippen LogP contribution is 2.29. The number of carboxylic acid groups (broad SMARTS) is 1. The van der Waals surface area contributed by atoms with Gasteiger partial charge >= 0.3 is 5.97 Å². The van der Waals surface area contributed by atoms with Gasteiger partial charge in [-0.25, -0.2) is 4.39 Å². The third-order valence-corrected chi connectivity index (χ3v) is 4.41. The lowest BCUT2D eigenvalue weighted by Crippen LogP contribution is -2.43. The molecule has 22 heavy (non-hydrogen) atoms. The third-order valence-electron chi connectivity index (χ3n) is 3.18. The Hall–Kier alpha value is -1.31. The van der Waals surface area contributed by atoms with Crippen LogP contribution in [0, 0.1) is 5.82 Å². The second-order valence-electron chi connectivity index (χ2n) is 4.75. The molecule has 0 spiro atoms. The first kappa shape index (κ1) is 17.1. The van der Waals surface area contributed by atoms with Gasteiger partial charge in [-0.1, -0.05) is 17.7 Å². The van der Waals surface area contributed by atoms with Crippen LogP contribution in [0.4, 0.5) is 4.39 Å². The molecule has 1 amide bonds. The summed E-state index contributed by atoms with van der Waals surface area (Å²) in [5.41, 5.74) is 0.638. The Morgan fingerprint density at radius 2 is 2.23 bits per heavy atom. The minimum absolute atomic E-state index is 0.107. The summed E-state index contributed by atoms with van der Waals surface area (Å²) in [5, 5.41) is 8.83. The minimum atomic E-state index is -0.948. The van der Waals surface area contributed by atoms with E-state index in [9.17, 15) is 14.0 Å². The molecule has 1 aromatic carbocycles. The highest BCUT2D eigenvalue weighted by atomic mass is 35.5. The van der Waals surface area contributed by atoms with Gasteiger partial charge in [-0.3, -0.25) is 9.59 Å². The standard InChI is InChI=1S/C14H15ClFNO4S/c15-11-5-9(16)1-2-10(11)12-6-17(3-4-21-12)13(18)7-22-8-14(19)20/h1-2,5,12H,3-4,6-8H2,(H,19,20). The number of ether oxygens (including phenoxy) is 1. The molecule has 1 atom stereocenters. The van der Waals surface area contributed by atoms with E-state index in [-0.39, 0.29) is 22.4 Å². The zero-order valence-electron chi connectivity index (χ0n) is 11.6. The van der Waals surface area contributed by atoms with E-state index in [4.69, 9.17) is 21.4 Å². The quantitative estimate of drug-likeness (QED) is 0.884. The number of halogens is 2. The Kier molecular flexibility index (Phi) is 6.05. The highest BCUT2D eigenvalue weighted by Gasteiger charge is 2.26. The van der Waals surface area contributed by atoms with Gasteiger partial charge in [0.05, 0.1) is 24.7 Å². The maximum Gasteiger partial charge on any atom is 0.313 e. The maximum atomic E-state index is 13.1.